The van der Waals surface area contributed by atoms with Crippen molar-refractivity contribution in [3.05, 3.63) is 38.3 Å². The van der Waals surface area contributed by atoms with Gasteiger partial charge in [-0.2, -0.15) is 5.26 Å². The van der Waals surface area contributed by atoms with Crippen LogP contribution in [0.5, 0.6) is 0 Å². The highest BCUT2D eigenvalue weighted by Crippen LogP contribution is 2.32. The van der Waals surface area contributed by atoms with Crippen LogP contribution >= 0.6 is 15.9 Å². The lowest BCUT2D eigenvalue weighted by atomic mass is 9.87. The summed E-state index contributed by atoms with van der Waals surface area (Å²) < 4.78 is 0.461. The van der Waals surface area contributed by atoms with Crippen molar-refractivity contribution >= 4 is 21.6 Å². The number of nitrogens with zero attached hydrogens (tertiary/aromatic N) is 2. The van der Waals surface area contributed by atoms with Gasteiger partial charge in [-0.3, -0.25) is 10.1 Å². The predicted octanol–water partition coefficient (Wildman–Crippen LogP) is 3.45. The van der Waals surface area contributed by atoms with Gasteiger partial charge < -0.3 is 0 Å². The third kappa shape index (κ3) is 2.80. The second-order valence-electron chi connectivity index (χ2n) is 4.18. The second-order valence-corrected chi connectivity index (χ2v) is 4.97. The lowest BCUT2D eigenvalue weighted by Crippen LogP contribution is -2.12. The number of halogens is 1. The highest BCUT2D eigenvalue weighted by Gasteiger charge is 2.22. The average Bonchev–Trinajstić information content (AvgIpc) is 2.20. The molecule has 16 heavy (non-hydrogen) atoms. The topological polar surface area (TPSA) is 66.9 Å². The van der Waals surface area contributed by atoms with E-state index in [1.165, 1.54) is 6.07 Å². The number of hydrogen-bond acceptors (Lipinski definition) is 3. The molecule has 0 bridgehead atoms. The quantitative estimate of drug-likeness (QED) is 0.630. The van der Waals surface area contributed by atoms with Crippen molar-refractivity contribution in [1.29, 1.82) is 5.26 Å². The van der Waals surface area contributed by atoms with Crippen LogP contribution in [0.15, 0.2) is 22.7 Å². The van der Waals surface area contributed by atoms with Gasteiger partial charge >= 0.3 is 0 Å². The Morgan fingerprint density at radius 3 is 2.69 bits per heavy atom. The molecule has 0 atom stereocenters. The van der Waals surface area contributed by atoms with E-state index in [2.05, 4.69) is 22.0 Å². The molecule has 0 heterocycles. The molecule has 1 aromatic carbocycles. The zero-order valence-electron chi connectivity index (χ0n) is 9.03. The van der Waals surface area contributed by atoms with E-state index < -0.39 is 10.3 Å². The van der Waals surface area contributed by atoms with Crippen molar-refractivity contribution in [3.63, 3.8) is 0 Å². The van der Waals surface area contributed by atoms with E-state index in [9.17, 15) is 10.1 Å². The van der Waals surface area contributed by atoms with E-state index >= 15 is 0 Å². The number of nitro benzene ring substituents is 1. The van der Waals surface area contributed by atoms with Crippen LogP contribution in [0.1, 0.15) is 19.4 Å². The molecule has 1 rings (SSSR count). The van der Waals surface area contributed by atoms with Crippen LogP contribution < -0.4 is 0 Å². The molecule has 0 radical (unpaired) electrons. The summed E-state index contributed by atoms with van der Waals surface area (Å²) in [5, 5.41) is 19.6. The minimum atomic E-state index is -0.530. The molecule has 0 amide bonds. The van der Waals surface area contributed by atoms with E-state index in [4.69, 9.17) is 5.26 Å². The lowest BCUT2D eigenvalue weighted by molar-refractivity contribution is -0.385. The van der Waals surface area contributed by atoms with Crippen molar-refractivity contribution in [2.45, 2.75) is 20.3 Å². The van der Waals surface area contributed by atoms with E-state index in [-0.39, 0.29) is 5.69 Å². The zero-order valence-corrected chi connectivity index (χ0v) is 10.6. The molecule has 0 aliphatic carbocycles. The van der Waals surface area contributed by atoms with Crippen LogP contribution in [0.25, 0.3) is 0 Å². The fraction of sp³-hybridized carbons (Fsp3) is 0.364. The molecule has 84 valence electrons. The van der Waals surface area contributed by atoms with Gasteiger partial charge in [0.15, 0.2) is 0 Å². The standard InChI is InChI=1S/C11H11BrN2O2/c1-11(2,7-13)6-8-4-3-5-9(10(8)12)14(15)16/h3-5H,6H2,1-2H3. The first-order valence-electron chi connectivity index (χ1n) is 4.70. The van der Waals surface area contributed by atoms with Crippen molar-refractivity contribution in [1.82, 2.24) is 0 Å². The van der Waals surface area contributed by atoms with Crippen molar-refractivity contribution in [2.75, 3.05) is 0 Å². The largest absolute Gasteiger partial charge is 0.283 e. The smallest absolute Gasteiger partial charge is 0.258 e. The Labute approximate surface area is 102 Å². The number of nitriles is 1. The molecule has 0 aromatic heterocycles. The number of rotatable bonds is 3. The molecule has 1 aromatic rings. The van der Waals surface area contributed by atoms with Crippen molar-refractivity contribution in [2.24, 2.45) is 5.41 Å². The summed E-state index contributed by atoms with van der Waals surface area (Å²) in [6, 6.07) is 7.03. The van der Waals surface area contributed by atoms with E-state index in [1.54, 1.807) is 26.0 Å². The van der Waals surface area contributed by atoms with Gasteiger partial charge in [0, 0.05) is 6.07 Å². The monoisotopic (exact) mass is 282 g/mol. The Morgan fingerprint density at radius 2 is 2.19 bits per heavy atom. The molecule has 0 N–H and O–H groups in total. The molecule has 0 aliphatic rings. The number of benzene rings is 1. The van der Waals surface area contributed by atoms with Gasteiger partial charge in [-0.1, -0.05) is 12.1 Å². The first-order chi connectivity index (χ1) is 7.37. The first kappa shape index (κ1) is 12.7. The predicted molar refractivity (Wildman–Crippen MR) is 63.9 cm³/mol. The minimum absolute atomic E-state index is 0.0336. The highest BCUT2D eigenvalue weighted by atomic mass is 79.9. The van der Waals surface area contributed by atoms with E-state index in [0.29, 0.717) is 10.9 Å². The molecule has 5 heteroatoms. The number of hydrogen-bond donors (Lipinski definition) is 0. The molecular weight excluding hydrogens is 272 g/mol. The van der Waals surface area contributed by atoms with Crippen LogP contribution in [0.4, 0.5) is 5.69 Å². The maximum absolute atomic E-state index is 10.7. The Kier molecular flexibility index (Phi) is 3.66. The maximum atomic E-state index is 10.7. The van der Waals surface area contributed by atoms with Crippen molar-refractivity contribution in [3.8, 4) is 6.07 Å². The summed E-state index contributed by atoms with van der Waals surface area (Å²) >= 11 is 3.21. The molecule has 0 unspecified atom stereocenters. The van der Waals surface area contributed by atoms with E-state index in [1.807, 2.05) is 0 Å². The van der Waals surface area contributed by atoms with Gasteiger partial charge in [0.2, 0.25) is 0 Å². The Bertz CT molecular complexity index is 464. The SMILES string of the molecule is CC(C)(C#N)Cc1cccc([N+](=O)[O-])c1Br. The minimum Gasteiger partial charge on any atom is -0.258 e. The van der Waals surface area contributed by atoms with Crippen molar-refractivity contribution < 1.29 is 4.92 Å². The first-order valence-corrected chi connectivity index (χ1v) is 5.50. The number of nitro groups is 1. The fourth-order valence-electron chi connectivity index (χ4n) is 1.36. The molecule has 0 saturated heterocycles. The van der Waals surface area contributed by atoms with Crippen LogP contribution in [-0.4, -0.2) is 4.92 Å². The molecule has 0 fully saturated rings. The fourth-order valence-corrected chi connectivity index (χ4v) is 1.91. The summed E-state index contributed by atoms with van der Waals surface area (Å²) in [5.74, 6) is 0. The van der Waals surface area contributed by atoms with Crippen LogP contribution in [0.2, 0.25) is 0 Å². The van der Waals surface area contributed by atoms with Gasteiger partial charge in [0.1, 0.15) is 0 Å². The summed E-state index contributed by atoms with van der Waals surface area (Å²) in [6.45, 7) is 3.61. The lowest BCUT2D eigenvalue weighted by Gasteiger charge is -2.15. The molecule has 0 aliphatic heterocycles. The third-order valence-corrected chi connectivity index (χ3v) is 3.11. The van der Waals surface area contributed by atoms with E-state index in [0.717, 1.165) is 5.56 Å². The molecule has 4 nitrogen and oxygen atoms in total. The summed E-state index contributed by atoms with van der Waals surface area (Å²) in [6.07, 6.45) is 0.478. The van der Waals surface area contributed by atoms with Gasteiger partial charge in [-0.25, -0.2) is 0 Å². The molecular formula is C11H11BrN2O2. The third-order valence-electron chi connectivity index (χ3n) is 2.19. The Balaban J connectivity index is 3.13. The normalized spacial score (nSPS) is 10.9. The summed E-state index contributed by atoms with van der Waals surface area (Å²) in [5.41, 5.74) is 0.282. The summed E-state index contributed by atoms with van der Waals surface area (Å²) in [4.78, 5) is 10.3. The second kappa shape index (κ2) is 4.62. The van der Waals surface area contributed by atoms with Crippen LogP contribution in [0.3, 0.4) is 0 Å². The Hall–Kier alpha value is -1.41. The van der Waals surface area contributed by atoms with Gasteiger partial charge in [0.05, 0.1) is 20.9 Å². The van der Waals surface area contributed by atoms with Crippen LogP contribution in [0, 0.1) is 26.9 Å². The highest BCUT2D eigenvalue weighted by molar-refractivity contribution is 9.10. The zero-order chi connectivity index (χ0) is 12.3. The summed E-state index contributed by atoms with van der Waals surface area (Å²) in [7, 11) is 0. The average molecular weight is 283 g/mol. The molecule has 0 saturated carbocycles. The van der Waals surface area contributed by atoms with Gasteiger partial charge in [-0.05, 0) is 41.8 Å². The van der Waals surface area contributed by atoms with Crippen LogP contribution in [-0.2, 0) is 6.42 Å². The van der Waals surface area contributed by atoms with Gasteiger partial charge in [-0.15, -0.1) is 0 Å². The van der Waals surface area contributed by atoms with Gasteiger partial charge in [0.25, 0.3) is 5.69 Å². The Morgan fingerprint density at radius 1 is 1.56 bits per heavy atom. The molecule has 0 spiro atoms. The maximum Gasteiger partial charge on any atom is 0.283 e.